The van der Waals surface area contributed by atoms with Gasteiger partial charge in [0.05, 0.1) is 38.5 Å². The van der Waals surface area contributed by atoms with Crippen LogP contribution in [0, 0.1) is 17.8 Å². The summed E-state index contributed by atoms with van der Waals surface area (Å²) in [6.45, 7) is 8.34. The van der Waals surface area contributed by atoms with Gasteiger partial charge in [-0.1, -0.05) is 69.7 Å². The number of nitrogens with zero attached hydrogens (tertiary/aromatic N) is 1. The number of nitrogens with two attached hydrogens (primary N) is 1. The van der Waals surface area contributed by atoms with Gasteiger partial charge in [0.2, 0.25) is 5.91 Å². The molecule has 0 radical (unpaired) electrons. The summed E-state index contributed by atoms with van der Waals surface area (Å²) >= 11 is 0. The summed E-state index contributed by atoms with van der Waals surface area (Å²) in [6, 6.07) is 9.57. The van der Waals surface area contributed by atoms with E-state index in [-0.39, 0.29) is 30.9 Å². The van der Waals surface area contributed by atoms with Gasteiger partial charge in [-0.2, -0.15) is 0 Å². The molecule has 0 aliphatic carbocycles. The number of ether oxygens (including phenoxy) is 1. The third-order valence-corrected chi connectivity index (χ3v) is 10.3. The first-order valence-electron chi connectivity index (χ1n) is 13.7. The highest BCUT2D eigenvalue weighted by atomic mass is 32.2. The standard InChI is InChI=1S/C28H46N4O6S/c1-5-14-28(19-22(2)3,27(34)30-29)39(36,37)21-24(20-32(4)15-17-38-18-16-32)25(26(33)31-35)13-9-12-23-10-7-6-8-11-23/h6-12,22,24-25H,5,13-21,29H2,1-4H3,(H2-,30,31,33,34,35)/p+1/b12-9+/t24-,25+,28?/m1/s1. The lowest BCUT2D eigenvalue weighted by Gasteiger charge is -2.42. The topological polar surface area (TPSA) is 148 Å². The molecule has 1 heterocycles. The molecule has 1 aromatic carbocycles. The van der Waals surface area contributed by atoms with E-state index in [9.17, 15) is 23.2 Å². The third kappa shape index (κ3) is 8.84. The highest BCUT2D eigenvalue weighted by Crippen LogP contribution is 2.36. The van der Waals surface area contributed by atoms with Crippen LogP contribution in [0.25, 0.3) is 6.08 Å². The molecule has 5 N–H and O–H groups in total. The zero-order chi connectivity index (χ0) is 29.1. The predicted molar refractivity (Wildman–Crippen MR) is 152 cm³/mol. The van der Waals surface area contributed by atoms with Crippen LogP contribution in [0.5, 0.6) is 0 Å². The lowest BCUT2D eigenvalue weighted by molar-refractivity contribution is -0.920. The summed E-state index contributed by atoms with van der Waals surface area (Å²) < 4.78 is 32.9. The number of nitrogens with one attached hydrogen (secondary N) is 2. The lowest BCUT2D eigenvalue weighted by Crippen LogP contribution is -2.59. The van der Waals surface area contributed by atoms with Crippen LogP contribution < -0.4 is 16.7 Å². The largest absolute Gasteiger partial charge is 0.370 e. The smallest absolute Gasteiger partial charge is 0.255 e. The van der Waals surface area contributed by atoms with E-state index in [2.05, 4.69) is 5.43 Å². The van der Waals surface area contributed by atoms with Gasteiger partial charge in [-0.3, -0.25) is 20.2 Å². The van der Waals surface area contributed by atoms with Gasteiger partial charge in [-0.25, -0.2) is 19.7 Å². The van der Waals surface area contributed by atoms with E-state index in [4.69, 9.17) is 10.6 Å². The molecule has 11 heteroatoms. The maximum absolute atomic E-state index is 14.3. The van der Waals surface area contributed by atoms with Crippen LogP contribution in [0.4, 0.5) is 0 Å². The Morgan fingerprint density at radius 1 is 1.21 bits per heavy atom. The fraction of sp³-hybridized carbons (Fsp3) is 0.643. The van der Waals surface area contributed by atoms with E-state index in [1.807, 2.05) is 70.3 Å². The Hall–Kier alpha value is -2.31. The van der Waals surface area contributed by atoms with Gasteiger partial charge >= 0.3 is 0 Å². The van der Waals surface area contributed by atoms with Gasteiger partial charge in [0.15, 0.2) is 14.6 Å². The zero-order valence-electron chi connectivity index (χ0n) is 23.8. The number of carbonyl (C=O) groups excluding carboxylic acids is 2. The Balaban J connectivity index is 2.54. The number of amides is 2. The van der Waals surface area contributed by atoms with Crippen LogP contribution >= 0.6 is 0 Å². The average molecular weight is 568 g/mol. The summed E-state index contributed by atoms with van der Waals surface area (Å²) in [5.41, 5.74) is 4.81. The summed E-state index contributed by atoms with van der Waals surface area (Å²) in [7, 11) is -2.09. The van der Waals surface area contributed by atoms with Crippen LogP contribution in [0.15, 0.2) is 36.4 Å². The van der Waals surface area contributed by atoms with Crippen molar-refractivity contribution in [3.8, 4) is 0 Å². The van der Waals surface area contributed by atoms with Crippen LogP contribution in [0.1, 0.15) is 52.0 Å². The van der Waals surface area contributed by atoms with Crippen LogP contribution in [-0.2, 0) is 24.2 Å². The summed E-state index contributed by atoms with van der Waals surface area (Å²) in [6.07, 6.45) is 4.61. The van der Waals surface area contributed by atoms with Crippen molar-refractivity contribution >= 4 is 27.7 Å². The molecule has 39 heavy (non-hydrogen) atoms. The molecule has 1 fully saturated rings. The number of hydrogen-bond donors (Lipinski definition) is 4. The molecular weight excluding hydrogens is 520 g/mol. The normalized spacial score (nSPS) is 18.8. The second-order valence-electron chi connectivity index (χ2n) is 11.4. The molecular formula is C28H47N4O6S+. The first-order chi connectivity index (χ1) is 18.4. The van der Waals surface area contributed by atoms with Crippen molar-refractivity contribution in [2.24, 2.45) is 23.6 Å². The Bertz CT molecular complexity index is 1060. The van der Waals surface area contributed by atoms with Crippen molar-refractivity contribution in [1.82, 2.24) is 10.9 Å². The SMILES string of the molecule is CCCC(CC(C)C)(C(=O)NN)S(=O)(=O)C[C@@H](C[N+]1(C)CCOCC1)[C@H](C/C=C/c1ccccc1)C(=O)NO. The predicted octanol–water partition coefficient (Wildman–Crippen LogP) is 2.29. The fourth-order valence-corrected chi connectivity index (χ4v) is 8.37. The number of benzene rings is 1. The number of morpholine rings is 1. The van der Waals surface area contributed by atoms with Crippen molar-refractivity contribution in [2.45, 2.75) is 51.2 Å². The Morgan fingerprint density at radius 2 is 1.85 bits per heavy atom. The minimum Gasteiger partial charge on any atom is -0.370 e. The molecule has 220 valence electrons. The quantitative estimate of drug-likeness (QED) is 0.0836. The van der Waals surface area contributed by atoms with E-state index in [0.29, 0.717) is 43.8 Å². The molecule has 2 rings (SSSR count). The molecule has 1 aliphatic rings. The molecule has 0 bridgehead atoms. The second kappa shape index (κ2) is 14.9. The number of likely N-dealkylation sites (N-methyl/N-ethyl adjacent to an activating group) is 1. The second-order valence-corrected chi connectivity index (χ2v) is 13.7. The van der Waals surface area contributed by atoms with Gasteiger partial charge in [0, 0.05) is 5.92 Å². The summed E-state index contributed by atoms with van der Waals surface area (Å²) in [4.78, 5) is 26.2. The Kier molecular flexibility index (Phi) is 12.6. The first-order valence-corrected chi connectivity index (χ1v) is 15.4. The first kappa shape index (κ1) is 32.9. The summed E-state index contributed by atoms with van der Waals surface area (Å²) in [5, 5.41) is 9.65. The van der Waals surface area contributed by atoms with Crippen LogP contribution in [-0.4, -0.2) is 80.3 Å². The number of rotatable bonds is 15. The number of sulfone groups is 1. The van der Waals surface area contributed by atoms with Crippen LogP contribution in [0.3, 0.4) is 0 Å². The van der Waals surface area contributed by atoms with Crippen molar-refractivity contribution in [3.63, 3.8) is 0 Å². The lowest BCUT2D eigenvalue weighted by atomic mass is 9.88. The number of quaternary nitrogens is 1. The Morgan fingerprint density at radius 3 is 2.38 bits per heavy atom. The maximum Gasteiger partial charge on any atom is 0.255 e. The van der Waals surface area contributed by atoms with Gasteiger partial charge in [0.1, 0.15) is 13.1 Å². The molecule has 2 amide bonds. The van der Waals surface area contributed by atoms with Gasteiger partial charge < -0.3 is 9.22 Å². The van der Waals surface area contributed by atoms with E-state index < -0.39 is 38.2 Å². The van der Waals surface area contributed by atoms with Crippen molar-refractivity contribution in [1.29, 1.82) is 0 Å². The molecule has 1 aliphatic heterocycles. The highest BCUT2D eigenvalue weighted by Gasteiger charge is 2.52. The van der Waals surface area contributed by atoms with Gasteiger partial charge in [-0.15, -0.1) is 0 Å². The molecule has 3 atom stereocenters. The molecule has 1 unspecified atom stereocenters. The molecule has 1 aromatic rings. The minimum absolute atomic E-state index is 0.0868. The van der Waals surface area contributed by atoms with Gasteiger partial charge in [0.25, 0.3) is 5.91 Å². The molecule has 0 saturated carbocycles. The zero-order valence-corrected chi connectivity index (χ0v) is 24.6. The van der Waals surface area contributed by atoms with Crippen molar-refractivity contribution < 1.29 is 32.4 Å². The monoisotopic (exact) mass is 567 g/mol. The van der Waals surface area contributed by atoms with E-state index >= 15 is 0 Å². The molecule has 10 nitrogen and oxygen atoms in total. The van der Waals surface area contributed by atoms with Crippen molar-refractivity contribution in [2.75, 3.05) is 45.6 Å². The van der Waals surface area contributed by atoms with E-state index in [1.165, 1.54) is 0 Å². The number of hydroxylamine groups is 1. The van der Waals surface area contributed by atoms with Crippen LogP contribution in [0.2, 0.25) is 0 Å². The number of hydrogen-bond acceptors (Lipinski definition) is 7. The number of carbonyl (C=O) groups is 2. The fourth-order valence-electron chi connectivity index (χ4n) is 5.71. The minimum atomic E-state index is -4.11. The highest BCUT2D eigenvalue weighted by molar-refractivity contribution is 7.93. The van der Waals surface area contributed by atoms with Gasteiger partial charge in [-0.05, 0) is 30.7 Å². The van der Waals surface area contributed by atoms with E-state index in [1.54, 1.807) is 5.48 Å². The number of allylic oxidation sites excluding steroid dienone is 1. The molecule has 1 saturated heterocycles. The summed E-state index contributed by atoms with van der Waals surface area (Å²) in [5.74, 6) is 2.14. The average Bonchev–Trinajstić information content (AvgIpc) is 2.90. The number of hydrazine groups is 1. The van der Waals surface area contributed by atoms with E-state index in [0.717, 1.165) is 5.56 Å². The van der Waals surface area contributed by atoms with Crippen molar-refractivity contribution in [3.05, 3.63) is 42.0 Å². The third-order valence-electron chi connectivity index (χ3n) is 7.71. The molecule has 0 spiro atoms. The molecule has 0 aromatic heterocycles. The maximum atomic E-state index is 14.3. The Labute approximate surface area is 233 Å².